The number of phenolic OH excluding ortho intramolecular Hbond substituents is 1. The van der Waals surface area contributed by atoms with E-state index < -0.39 is 5.60 Å². The third-order valence-electron chi connectivity index (χ3n) is 13.7. The molecule has 3 fully saturated rings. The molecule has 0 aromatic heterocycles. The molecular formula is C41H58O4. The van der Waals surface area contributed by atoms with Crippen molar-refractivity contribution in [1.82, 2.24) is 0 Å². The fourth-order valence-electron chi connectivity index (χ4n) is 10.7. The number of carbonyl (C=O) groups excluding carboxylic acids is 1. The van der Waals surface area contributed by atoms with Crippen LogP contribution in [-0.2, 0) is 11.2 Å². The number of carbonyl (C=O) groups is 1. The molecule has 45 heavy (non-hydrogen) atoms. The summed E-state index contributed by atoms with van der Waals surface area (Å²) in [5.41, 5.74) is 4.47. The number of hydrogen-bond donors (Lipinski definition) is 2. The van der Waals surface area contributed by atoms with Crippen LogP contribution in [0.15, 0.2) is 47.6 Å². The van der Waals surface area contributed by atoms with Crippen LogP contribution in [0, 0.1) is 34.5 Å². The Morgan fingerprint density at radius 3 is 2.44 bits per heavy atom. The topological polar surface area (TPSA) is 66.8 Å². The number of phenols is 1. The SMILES string of the molecule is CCCCCc1cc(O)c2c(c1)OC(C)(C)[C@@H]1CCC(C)=C[C@@H]21.C[C@]12C=CC(=O)C=C1CC[C@@H]1[C@@H]2CC[C@@]2(C)[C@H]1CC[C@]2(C)O. The molecule has 246 valence electrons. The fraction of sp³-hybridized carbons (Fsp3) is 0.683. The Hall–Kier alpha value is -2.33. The summed E-state index contributed by atoms with van der Waals surface area (Å²) < 4.78 is 6.36. The molecular weight excluding hydrogens is 556 g/mol. The van der Waals surface area contributed by atoms with Crippen LogP contribution in [0.5, 0.6) is 11.5 Å². The van der Waals surface area contributed by atoms with E-state index in [2.05, 4.69) is 66.7 Å². The number of aliphatic hydroxyl groups is 1. The largest absolute Gasteiger partial charge is 0.507 e. The van der Waals surface area contributed by atoms with Crippen LogP contribution in [0.3, 0.4) is 0 Å². The predicted octanol–water partition coefficient (Wildman–Crippen LogP) is 9.78. The van der Waals surface area contributed by atoms with Gasteiger partial charge >= 0.3 is 0 Å². The summed E-state index contributed by atoms with van der Waals surface area (Å²) in [7, 11) is 0. The van der Waals surface area contributed by atoms with E-state index in [1.54, 1.807) is 6.08 Å². The fourth-order valence-corrected chi connectivity index (χ4v) is 10.7. The Bertz CT molecular complexity index is 1410. The zero-order chi connectivity index (χ0) is 32.4. The molecule has 0 unspecified atom stereocenters. The number of aromatic hydroxyl groups is 1. The number of benzene rings is 1. The number of rotatable bonds is 4. The first-order valence-corrected chi connectivity index (χ1v) is 18.1. The first-order chi connectivity index (χ1) is 21.2. The van der Waals surface area contributed by atoms with Crippen molar-refractivity contribution < 1.29 is 19.7 Å². The van der Waals surface area contributed by atoms with Gasteiger partial charge in [0.25, 0.3) is 0 Å². The Morgan fingerprint density at radius 2 is 1.69 bits per heavy atom. The number of ketones is 1. The van der Waals surface area contributed by atoms with Gasteiger partial charge in [0.05, 0.1) is 5.60 Å². The molecule has 0 radical (unpaired) electrons. The molecule has 0 spiro atoms. The van der Waals surface area contributed by atoms with Gasteiger partial charge in [0.1, 0.15) is 17.1 Å². The number of ether oxygens (including phenoxy) is 1. The highest BCUT2D eigenvalue weighted by Gasteiger charge is 2.62. The van der Waals surface area contributed by atoms with Crippen molar-refractivity contribution in [1.29, 1.82) is 0 Å². The lowest BCUT2D eigenvalue weighted by molar-refractivity contribution is -0.114. The molecule has 0 bridgehead atoms. The van der Waals surface area contributed by atoms with Crippen LogP contribution < -0.4 is 4.74 Å². The maximum absolute atomic E-state index is 11.7. The summed E-state index contributed by atoms with van der Waals surface area (Å²) in [6.45, 7) is 15.5. The van der Waals surface area contributed by atoms with Crippen molar-refractivity contribution in [3.05, 3.63) is 58.7 Å². The number of aryl methyl sites for hydroxylation is 1. The van der Waals surface area contributed by atoms with E-state index in [1.807, 2.05) is 12.1 Å². The van der Waals surface area contributed by atoms with E-state index in [1.165, 1.54) is 55.2 Å². The smallest absolute Gasteiger partial charge is 0.178 e. The third-order valence-corrected chi connectivity index (χ3v) is 13.7. The van der Waals surface area contributed by atoms with E-state index in [0.717, 1.165) is 49.8 Å². The van der Waals surface area contributed by atoms with Gasteiger partial charge in [0.2, 0.25) is 0 Å². The summed E-state index contributed by atoms with van der Waals surface area (Å²) in [5.74, 6) is 4.19. The lowest BCUT2D eigenvalue weighted by Crippen LogP contribution is -2.53. The maximum atomic E-state index is 11.7. The second kappa shape index (κ2) is 11.7. The molecule has 1 aromatic rings. The second-order valence-corrected chi connectivity index (χ2v) is 16.7. The van der Waals surface area contributed by atoms with E-state index in [9.17, 15) is 15.0 Å². The molecule has 5 aliphatic carbocycles. The molecule has 1 aromatic carbocycles. The summed E-state index contributed by atoms with van der Waals surface area (Å²) >= 11 is 0. The molecule has 7 rings (SSSR count). The summed E-state index contributed by atoms with van der Waals surface area (Å²) in [6, 6.07) is 4.13. The zero-order valence-electron chi connectivity index (χ0n) is 29.0. The molecule has 0 amide bonds. The van der Waals surface area contributed by atoms with Crippen LogP contribution in [0.1, 0.15) is 136 Å². The molecule has 0 saturated heterocycles. The van der Waals surface area contributed by atoms with E-state index >= 15 is 0 Å². The number of fused-ring (bicyclic) bond motifs is 8. The quantitative estimate of drug-likeness (QED) is 0.262. The lowest BCUT2D eigenvalue weighted by Gasteiger charge is -2.57. The van der Waals surface area contributed by atoms with Crippen LogP contribution >= 0.6 is 0 Å². The minimum absolute atomic E-state index is 0.0760. The van der Waals surface area contributed by atoms with Crippen LogP contribution in [0.2, 0.25) is 0 Å². The number of unbranched alkanes of at least 4 members (excludes halogenated alkanes) is 2. The Kier molecular flexibility index (Phi) is 8.50. The molecule has 3 saturated carbocycles. The summed E-state index contributed by atoms with van der Waals surface area (Å²) in [6.07, 6.45) is 21.8. The van der Waals surface area contributed by atoms with Gasteiger partial charge in [-0.15, -0.1) is 0 Å². The van der Waals surface area contributed by atoms with Crippen molar-refractivity contribution >= 4 is 5.78 Å². The Morgan fingerprint density at radius 1 is 0.933 bits per heavy atom. The molecule has 4 nitrogen and oxygen atoms in total. The van der Waals surface area contributed by atoms with Crippen LogP contribution in [-0.4, -0.2) is 27.2 Å². The number of hydrogen-bond acceptors (Lipinski definition) is 4. The van der Waals surface area contributed by atoms with Crippen molar-refractivity contribution in [2.75, 3.05) is 0 Å². The van der Waals surface area contributed by atoms with E-state index in [4.69, 9.17) is 4.74 Å². The van der Waals surface area contributed by atoms with Gasteiger partial charge in [-0.1, -0.05) is 56.9 Å². The highest BCUT2D eigenvalue weighted by Crippen LogP contribution is 2.66. The lowest BCUT2D eigenvalue weighted by atomic mass is 9.47. The zero-order valence-corrected chi connectivity index (χ0v) is 29.0. The van der Waals surface area contributed by atoms with Crippen molar-refractivity contribution in [2.45, 2.75) is 143 Å². The molecule has 2 N–H and O–H groups in total. The van der Waals surface area contributed by atoms with E-state index in [-0.39, 0.29) is 28.1 Å². The monoisotopic (exact) mass is 614 g/mol. The molecule has 4 heteroatoms. The van der Waals surface area contributed by atoms with E-state index in [0.29, 0.717) is 29.4 Å². The molecule has 1 heterocycles. The Balaban J connectivity index is 0.000000159. The van der Waals surface area contributed by atoms with Gasteiger partial charge in [-0.25, -0.2) is 0 Å². The normalized spacial score (nSPS) is 39.0. The molecule has 6 aliphatic rings. The first-order valence-electron chi connectivity index (χ1n) is 18.1. The van der Waals surface area contributed by atoms with Crippen molar-refractivity contribution in [3.8, 4) is 11.5 Å². The van der Waals surface area contributed by atoms with Crippen molar-refractivity contribution in [2.24, 2.45) is 34.5 Å². The summed E-state index contributed by atoms with van der Waals surface area (Å²) in [5, 5.41) is 21.6. The van der Waals surface area contributed by atoms with Gasteiger partial charge in [0.15, 0.2) is 5.78 Å². The average Bonchev–Trinajstić information content (AvgIpc) is 3.21. The van der Waals surface area contributed by atoms with Crippen LogP contribution in [0.4, 0.5) is 0 Å². The maximum Gasteiger partial charge on any atom is 0.178 e. The average molecular weight is 615 g/mol. The Labute approximate surface area is 272 Å². The third kappa shape index (κ3) is 5.55. The van der Waals surface area contributed by atoms with Gasteiger partial charge in [0, 0.05) is 22.8 Å². The second-order valence-electron chi connectivity index (χ2n) is 16.7. The molecule has 1 aliphatic heterocycles. The summed E-state index contributed by atoms with van der Waals surface area (Å²) in [4.78, 5) is 11.7. The predicted molar refractivity (Wildman–Crippen MR) is 183 cm³/mol. The number of allylic oxidation sites excluding steroid dienone is 6. The van der Waals surface area contributed by atoms with Gasteiger partial charge in [-0.3, -0.25) is 4.79 Å². The van der Waals surface area contributed by atoms with Crippen molar-refractivity contribution in [3.63, 3.8) is 0 Å². The standard InChI is InChI=1S/C21H30O2.C20H28O2/c1-5-6-7-8-15-12-18(22)20-16-11-14(2)9-10-17(16)21(3,4)23-19(20)13-15;1-18-9-6-14(21)12-13(18)4-5-15-16(18)7-10-19(2)17(15)8-11-20(19,3)22/h11-13,16-17,22H,5-10H2,1-4H3;6,9,12,15-17,22H,4-5,7-8,10-11H2,1-3H3/t16-,17-;15-,16+,17+,18+,19+,20+/m11/s1. The first kappa shape index (κ1) is 32.6. The highest BCUT2D eigenvalue weighted by molar-refractivity contribution is 6.01. The minimum Gasteiger partial charge on any atom is -0.507 e. The van der Waals surface area contributed by atoms with Gasteiger partial charge in [-0.2, -0.15) is 0 Å². The highest BCUT2D eigenvalue weighted by atomic mass is 16.5. The minimum atomic E-state index is -0.502. The van der Waals surface area contributed by atoms with Gasteiger partial charge in [-0.05, 0) is 145 Å². The van der Waals surface area contributed by atoms with Gasteiger partial charge < -0.3 is 14.9 Å². The van der Waals surface area contributed by atoms with Crippen LogP contribution in [0.25, 0.3) is 0 Å². The molecule has 8 atom stereocenters.